The number of halogens is 3. The molecule has 0 spiro atoms. The van der Waals surface area contributed by atoms with E-state index in [1.54, 1.807) is 109 Å². The molecule has 0 bridgehead atoms. The number of alkyl halides is 2. The number of hydrogen-bond donors (Lipinski definition) is 1. The molecule has 3 rings (SSSR count). The van der Waals surface area contributed by atoms with Gasteiger partial charge in [-0.2, -0.15) is 0 Å². The normalized spacial score (nSPS) is 12.5. The Bertz CT molecular complexity index is 1440. The summed E-state index contributed by atoms with van der Waals surface area (Å²) in [7, 11) is 0. The van der Waals surface area contributed by atoms with Crippen LogP contribution in [-0.4, -0.2) is 29.7 Å². The summed E-state index contributed by atoms with van der Waals surface area (Å²) < 4.78 is 59.0. The van der Waals surface area contributed by atoms with Crippen LogP contribution in [0.1, 0.15) is 83.2 Å². The lowest BCUT2D eigenvalue weighted by molar-refractivity contribution is -0.153. The summed E-state index contributed by atoms with van der Waals surface area (Å²) >= 11 is 0. The van der Waals surface area contributed by atoms with Crippen molar-refractivity contribution in [3.05, 3.63) is 88.7 Å². The van der Waals surface area contributed by atoms with E-state index in [1.165, 1.54) is 0 Å². The number of benzene rings is 3. The van der Waals surface area contributed by atoms with E-state index in [1.807, 2.05) is 0 Å². The minimum Gasteiger partial charge on any atom is -0.489 e. The van der Waals surface area contributed by atoms with Crippen LogP contribution in [0.15, 0.2) is 60.7 Å². The second-order valence-electron chi connectivity index (χ2n) is 12.7. The van der Waals surface area contributed by atoms with Crippen molar-refractivity contribution >= 4 is 12.1 Å². The molecule has 238 valence electrons. The van der Waals surface area contributed by atoms with Crippen molar-refractivity contribution < 1.29 is 37.0 Å². The molecule has 6 nitrogen and oxygen atoms in total. The van der Waals surface area contributed by atoms with Crippen molar-refractivity contribution in [3.8, 4) is 16.9 Å². The average molecular weight is 614 g/mol. The Morgan fingerprint density at radius 2 is 1.52 bits per heavy atom. The molecule has 9 heteroatoms. The van der Waals surface area contributed by atoms with Gasteiger partial charge in [0.05, 0.1) is 12.5 Å². The number of ether oxygens (including phenoxy) is 3. The lowest BCUT2D eigenvalue weighted by atomic mass is 9.95. The first-order chi connectivity index (χ1) is 20.5. The number of rotatable bonds is 11. The Labute approximate surface area is 257 Å². The Balaban J connectivity index is 1.90. The Morgan fingerprint density at radius 3 is 2.18 bits per heavy atom. The molecule has 0 aliphatic rings. The molecule has 0 saturated carbocycles. The van der Waals surface area contributed by atoms with E-state index in [2.05, 4.69) is 5.32 Å². The topological polar surface area (TPSA) is 73.9 Å². The third-order valence-electron chi connectivity index (χ3n) is 6.36. The summed E-state index contributed by atoms with van der Waals surface area (Å²) in [5, 5.41) is 2.66. The quantitative estimate of drug-likeness (QED) is 0.219. The molecule has 3 aromatic carbocycles. The smallest absolute Gasteiger partial charge is 0.408 e. The average Bonchev–Trinajstić information content (AvgIpc) is 2.89. The van der Waals surface area contributed by atoms with Crippen LogP contribution in [0.2, 0.25) is 0 Å². The first-order valence-electron chi connectivity index (χ1n) is 14.6. The van der Waals surface area contributed by atoms with Crippen LogP contribution in [0.5, 0.6) is 5.75 Å². The molecule has 0 fully saturated rings. The summed E-state index contributed by atoms with van der Waals surface area (Å²) in [6.45, 7) is 12.3. The van der Waals surface area contributed by atoms with Gasteiger partial charge < -0.3 is 19.5 Å². The summed E-state index contributed by atoms with van der Waals surface area (Å²) in [5.74, 6) is -0.458. The number of para-hydroxylation sites is 1. The highest BCUT2D eigenvalue weighted by Crippen LogP contribution is 2.31. The van der Waals surface area contributed by atoms with E-state index in [0.717, 1.165) is 0 Å². The summed E-state index contributed by atoms with van der Waals surface area (Å²) in [6.07, 6.45) is -3.40. The first-order valence-corrected chi connectivity index (χ1v) is 14.6. The van der Waals surface area contributed by atoms with Gasteiger partial charge in [0.1, 0.15) is 29.4 Å². The molecule has 0 radical (unpaired) electrons. The van der Waals surface area contributed by atoms with Gasteiger partial charge in [0.25, 0.3) is 0 Å². The molecule has 0 aliphatic carbocycles. The van der Waals surface area contributed by atoms with E-state index in [9.17, 15) is 18.4 Å². The minimum absolute atomic E-state index is 0.0145. The maximum atomic E-state index is 15.9. The molecule has 3 aromatic rings. The number of esters is 1. The molecule has 0 saturated heterocycles. The predicted octanol–water partition coefficient (Wildman–Crippen LogP) is 8.74. The van der Waals surface area contributed by atoms with Crippen LogP contribution in [0, 0.1) is 5.82 Å². The van der Waals surface area contributed by atoms with Crippen molar-refractivity contribution in [3.63, 3.8) is 0 Å². The van der Waals surface area contributed by atoms with Gasteiger partial charge in [-0.05, 0) is 83.7 Å². The van der Waals surface area contributed by atoms with E-state index in [-0.39, 0.29) is 37.0 Å². The third kappa shape index (κ3) is 10.9. The number of carbonyl (C=O) groups is 2. The molecule has 1 amide bonds. The number of alkyl carbamates (subject to hydrolysis) is 1. The second-order valence-corrected chi connectivity index (χ2v) is 12.7. The largest absolute Gasteiger partial charge is 0.489 e. The molecule has 44 heavy (non-hydrogen) atoms. The van der Waals surface area contributed by atoms with Gasteiger partial charge >= 0.3 is 12.1 Å². The maximum Gasteiger partial charge on any atom is 0.408 e. The molecular formula is C35H42F3NO5. The minimum atomic E-state index is -2.49. The Hall–Kier alpha value is -4.01. The van der Waals surface area contributed by atoms with E-state index in [0.29, 0.717) is 28.0 Å². The number of aryl methyl sites for hydroxylation is 1. The molecule has 0 aliphatic heterocycles. The standard InChI is InChI=1S/C35H42F3NO5/c1-22(39-33(41)44-35(5,6)7)27-12-10-13-28(32(27)38)26-18-23(15-16-30(36)37)17-24(19-26)21-42-29-14-9-8-11-25(29)20-31(40)43-34(2,3)4/h8-14,17-19,22,30H,15-16,20-21H2,1-7H3,(H,39,41)/t22-/m1/s1. The molecule has 0 aromatic heterocycles. The number of amides is 1. The Morgan fingerprint density at radius 1 is 0.864 bits per heavy atom. The first kappa shape index (κ1) is 34.5. The van der Waals surface area contributed by atoms with Gasteiger partial charge in [0.2, 0.25) is 6.43 Å². The van der Waals surface area contributed by atoms with E-state index >= 15 is 4.39 Å². The molecule has 1 atom stereocenters. The van der Waals surface area contributed by atoms with Crippen LogP contribution in [0.25, 0.3) is 11.1 Å². The fourth-order valence-electron chi connectivity index (χ4n) is 4.58. The van der Waals surface area contributed by atoms with Crippen LogP contribution in [0.3, 0.4) is 0 Å². The van der Waals surface area contributed by atoms with Gasteiger partial charge in [-0.3, -0.25) is 4.79 Å². The summed E-state index contributed by atoms with van der Waals surface area (Å²) in [5.41, 5.74) is 1.54. The van der Waals surface area contributed by atoms with Crippen LogP contribution >= 0.6 is 0 Å². The Kier molecular flexibility index (Phi) is 11.5. The van der Waals surface area contributed by atoms with E-state index < -0.39 is 41.5 Å². The van der Waals surface area contributed by atoms with Crippen molar-refractivity contribution in [2.24, 2.45) is 0 Å². The van der Waals surface area contributed by atoms with Gasteiger partial charge in [0, 0.05) is 23.1 Å². The predicted molar refractivity (Wildman–Crippen MR) is 164 cm³/mol. The maximum absolute atomic E-state index is 15.9. The zero-order valence-corrected chi connectivity index (χ0v) is 26.4. The van der Waals surface area contributed by atoms with Crippen LogP contribution < -0.4 is 10.1 Å². The fourth-order valence-corrected chi connectivity index (χ4v) is 4.58. The zero-order chi connectivity index (χ0) is 32.7. The third-order valence-corrected chi connectivity index (χ3v) is 6.36. The van der Waals surface area contributed by atoms with Crippen molar-refractivity contribution in [1.82, 2.24) is 5.32 Å². The monoisotopic (exact) mass is 613 g/mol. The van der Waals surface area contributed by atoms with Gasteiger partial charge in [-0.15, -0.1) is 0 Å². The van der Waals surface area contributed by atoms with Crippen molar-refractivity contribution in [2.45, 2.75) is 98.0 Å². The van der Waals surface area contributed by atoms with Crippen LogP contribution in [-0.2, 0) is 33.7 Å². The zero-order valence-electron chi connectivity index (χ0n) is 26.4. The summed E-state index contributed by atoms with van der Waals surface area (Å²) in [4.78, 5) is 24.8. The fraction of sp³-hybridized carbons (Fsp3) is 0.429. The van der Waals surface area contributed by atoms with Gasteiger partial charge in [-0.1, -0.05) is 48.5 Å². The SMILES string of the molecule is C[C@@H](NC(=O)OC(C)(C)C)c1cccc(-c2cc(CCC(F)F)cc(COc3ccccc3CC(=O)OC(C)(C)C)c2)c1F. The molecule has 0 unspecified atom stereocenters. The molecular weight excluding hydrogens is 571 g/mol. The molecule has 1 N–H and O–H groups in total. The lowest BCUT2D eigenvalue weighted by Crippen LogP contribution is -2.34. The summed E-state index contributed by atoms with van der Waals surface area (Å²) in [6, 6.07) is 16.5. The molecule has 0 heterocycles. The number of hydrogen-bond acceptors (Lipinski definition) is 5. The number of nitrogens with one attached hydrogen (secondary N) is 1. The van der Waals surface area contributed by atoms with Crippen molar-refractivity contribution in [1.29, 1.82) is 0 Å². The highest BCUT2D eigenvalue weighted by Gasteiger charge is 2.22. The van der Waals surface area contributed by atoms with Crippen LogP contribution in [0.4, 0.5) is 18.0 Å². The van der Waals surface area contributed by atoms with Gasteiger partial charge in [0.15, 0.2) is 0 Å². The highest BCUT2D eigenvalue weighted by atomic mass is 19.3. The number of carbonyl (C=O) groups excluding carboxylic acids is 2. The second kappa shape index (κ2) is 14.6. The highest BCUT2D eigenvalue weighted by molar-refractivity contribution is 5.74. The van der Waals surface area contributed by atoms with Gasteiger partial charge in [-0.25, -0.2) is 18.0 Å². The lowest BCUT2D eigenvalue weighted by Gasteiger charge is -2.22. The van der Waals surface area contributed by atoms with Crippen molar-refractivity contribution in [2.75, 3.05) is 0 Å². The van der Waals surface area contributed by atoms with E-state index in [4.69, 9.17) is 14.2 Å².